The normalized spacial score (nSPS) is 13.2. The minimum Gasteiger partial charge on any atom is -0.271 e. The van der Waals surface area contributed by atoms with E-state index in [4.69, 9.17) is 17.4 Å². The summed E-state index contributed by atoms with van der Waals surface area (Å²) in [5, 5.41) is 4.17. The molecule has 0 aromatic carbocycles. The Kier molecular flexibility index (Phi) is 4.61. The molecule has 12 heavy (non-hydrogen) atoms. The number of thiophene rings is 1. The minimum absolute atomic E-state index is 0.259. The van der Waals surface area contributed by atoms with Crippen LogP contribution in [0.1, 0.15) is 24.4 Å². The van der Waals surface area contributed by atoms with Crippen molar-refractivity contribution in [3.8, 4) is 0 Å². The molecule has 0 aliphatic rings. The predicted molar refractivity (Wildman–Crippen MR) is 54.3 cm³/mol. The zero-order valence-corrected chi connectivity index (χ0v) is 8.37. The van der Waals surface area contributed by atoms with Crippen molar-refractivity contribution in [3.63, 3.8) is 0 Å². The van der Waals surface area contributed by atoms with Crippen LogP contribution < -0.4 is 11.3 Å². The summed E-state index contributed by atoms with van der Waals surface area (Å²) in [4.78, 5) is 0. The topological polar surface area (TPSA) is 38.0 Å². The van der Waals surface area contributed by atoms with E-state index in [1.165, 1.54) is 5.56 Å². The standard InChI is InChI=1S/C8H13ClN2S/c9-4-1-2-8(11-10)7-3-5-12-6-7/h3,5-6,8,11H,1-2,4,10H2. The van der Waals surface area contributed by atoms with Gasteiger partial charge >= 0.3 is 0 Å². The summed E-state index contributed by atoms with van der Waals surface area (Å²) in [5.41, 5.74) is 4.04. The molecule has 0 spiro atoms. The summed E-state index contributed by atoms with van der Waals surface area (Å²) >= 11 is 7.29. The second kappa shape index (κ2) is 5.54. The summed E-state index contributed by atoms with van der Waals surface area (Å²) in [5.74, 6) is 6.11. The summed E-state index contributed by atoms with van der Waals surface area (Å²) in [7, 11) is 0. The molecule has 0 radical (unpaired) electrons. The van der Waals surface area contributed by atoms with Crippen LogP contribution in [-0.2, 0) is 0 Å². The number of hydrazine groups is 1. The quantitative estimate of drug-likeness (QED) is 0.439. The van der Waals surface area contributed by atoms with Crippen molar-refractivity contribution >= 4 is 22.9 Å². The van der Waals surface area contributed by atoms with Gasteiger partial charge in [0.1, 0.15) is 0 Å². The largest absolute Gasteiger partial charge is 0.271 e. The molecule has 4 heteroatoms. The van der Waals surface area contributed by atoms with E-state index in [9.17, 15) is 0 Å². The second-order valence-corrected chi connectivity index (χ2v) is 3.77. The molecular weight excluding hydrogens is 192 g/mol. The van der Waals surface area contributed by atoms with Crippen LogP contribution in [0.25, 0.3) is 0 Å². The smallest absolute Gasteiger partial charge is 0.0468 e. The zero-order chi connectivity index (χ0) is 8.81. The van der Waals surface area contributed by atoms with E-state index in [-0.39, 0.29) is 6.04 Å². The third-order valence-electron chi connectivity index (χ3n) is 1.77. The van der Waals surface area contributed by atoms with Gasteiger partial charge in [-0.2, -0.15) is 11.3 Å². The summed E-state index contributed by atoms with van der Waals surface area (Å²) < 4.78 is 0. The summed E-state index contributed by atoms with van der Waals surface area (Å²) in [6.45, 7) is 0. The fraction of sp³-hybridized carbons (Fsp3) is 0.500. The Bertz CT molecular complexity index is 201. The van der Waals surface area contributed by atoms with Gasteiger partial charge in [0.05, 0.1) is 0 Å². The second-order valence-electron chi connectivity index (χ2n) is 2.61. The minimum atomic E-state index is 0.259. The zero-order valence-electron chi connectivity index (χ0n) is 6.79. The van der Waals surface area contributed by atoms with Gasteiger partial charge in [0.15, 0.2) is 0 Å². The Morgan fingerprint density at radius 2 is 2.50 bits per heavy atom. The van der Waals surface area contributed by atoms with Gasteiger partial charge in [0.2, 0.25) is 0 Å². The van der Waals surface area contributed by atoms with Crippen LogP contribution in [0.2, 0.25) is 0 Å². The van der Waals surface area contributed by atoms with Gasteiger partial charge in [-0.1, -0.05) is 0 Å². The molecule has 68 valence electrons. The van der Waals surface area contributed by atoms with Crippen LogP contribution in [0.5, 0.6) is 0 Å². The first-order valence-electron chi connectivity index (χ1n) is 3.92. The lowest BCUT2D eigenvalue weighted by molar-refractivity contribution is 0.512. The molecule has 0 amide bonds. The maximum Gasteiger partial charge on any atom is 0.0468 e. The fourth-order valence-electron chi connectivity index (χ4n) is 1.10. The van der Waals surface area contributed by atoms with Gasteiger partial charge in [-0.3, -0.25) is 11.3 Å². The van der Waals surface area contributed by atoms with Gasteiger partial charge in [-0.25, -0.2) is 0 Å². The molecule has 0 aliphatic heterocycles. The average Bonchev–Trinajstić information content (AvgIpc) is 2.59. The first kappa shape index (κ1) is 9.99. The molecule has 2 nitrogen and oxygen atoms in total. The lowest BCUT2D eigenvalue weighted by atomic mass is 10.1. The van der Waals surface area contributed by atoms with Crippen LogP contribution in [0.4, 0.5) is 0 Å². The maximum absolute atomic E-state index is 5.60. The van der Waals surface area contributed by atoms with E-state index in [0.29, 0.717) is 5.88 Å². The van der Waals surface area contributed by atoms with Crippen LogP contribution in [0.15, 0.2) is 16.8 Å². The highest BCUT2D eigenvalue weighted by Gasteiger charge is 2.08. The summed E-state index contributed by atoms with van der Waals surface area (Å²) in [6, 6.07) is 2.35. The maximum atomic E-state index is 5.60. The molecule has 0 saturated heterocycles. The highest BCUT2D eigenvalue weighted by atomic mass is 35.5. The van der Waals surface area contributed by atoms with Crippen molar-refractivity contribution in [2.75, 3.05) is 5.88 Å². The third kappa shape index (κ3) is 2.75. The molecule has 3 N–H and O–H groups in total. The first-order valence-corrected chi connectivity index (χ1v) is 5.40. The van der Waals surface area contributed by atoms with Crippen LogP contribution >= 0.6 is 22.9 Å². The van der Waals surface area contributed by atoms with Gasteiger partial charge < -0.3 is 0 Å². The van der Waals surface area contributed by atoms with Gasteiger partial charge in [-0.05, 0) is 35.2 Å². The van der Waals surface area contributed by atoms with E-state index >= 15 is 0 Å². The number of nitrogens with two attached hydrogens (primary N) is 1. The van der Waals surface area contributed by atoms with Crippen molar-refractivity contribution in [1.29, 1.82) is 0 Å². The molecular formula is C8H13ClN2S. The molecule has 0 bridgehead atoms. The predicted octanol–water partition coefficient (Wildman–Crippen LogP) is 2.27. The van der Waals surface area contributed by atoms with E-state index in [2.05, 4.69) is 22.3 Å². The van der Waals surface area contributed by atoms with Crippen LogP contribution in [-0.4, -0.2) is 5.88 Å². The van der Waals surface area contributed by atoms with Gasteiger partial charge in [-0.15, -0.1) is 11.6 Å². The highest BCUT2D eigenvalue weighted by molar-refractivity contribution is 7.07. The third-order valence-corrected chi connectivity index (χ3v) is 2.74. The van der Waals surface area contributed by atoms with Crippen molar-refractivity contribution in [3.05, 3.63) is 22.4 Å². The Morgan fingerprint density at radius 3 is 3.00 bits per heavy atom. The Morgan fingerprint density at radius 1 is 1.67 bits per heavy atom. The SMILES string of the molecule is NNC(CCCCl)c1ccsc1. The number of halogens is 1. The molecule has 1 rings (SSSR count). The molecule has 0 fully saturated rings. The van der Waals surface area contributed by atoms with Crippen molar-refractivity contribution in [2.45, 2.75) is 18.9 Å². The number of hydrogen-bond acceptors (Lipinski definition) is 3. The Labute approximate surface area is 81.7 Å². The van der Waals surface area contributed by atoms with Crippen molar-refractivity contribution in [2.24, 2.45) is 5.84 Å². The average molecular weight is 205 g/mol. The lowest BCUT2D eigenvalue weighted by Crippen LogP contribution is -2.27. The number of nitrogens with one attached hydrogen (secondary N) is 1. The monoisotopic (exact) mass is 204 g/mol. The van der Waals surface area contributed by atoms with E-state index in [1.54, 1.807) is 11.3 Å². The lowest BCUT2D eigenvalue weighted by Gasteiger charge is -2.12. The molecule has 0 aliphatic carbocycles. The summed E-state index contributed by atoms with van der Waals surface area (Å²) in [6.07, 6.45) is 1.99. The van der Waals surface area contributed by atoms with Crippen molar-refractivity contribution in [1.82, 2.24) is 5.43 Å². The Hall–Kier alpha value is -0.0900. The number of rotatable bonds is 5. The number of hydrogen-bond donors (Lipinski definition) is 2. The van der Waals surface area contributed by atoms with Crippen LogP contribution in [0.3, 0.4) is 0 Å². The molecule has 1 aromatic rings. The fourth-order valence-corrected chi connectivity index (χ4v) is 1.97. The molecule has 1 heterocycles. The van der Waals surface area contributed by atoms with Gasteiger partial charge in [0, 0.05) is 11.9 Å². The van der Waals surface area contributed by atoms with E-state index in [0.717, 1.165) is 12.8 Å². The molecule has 1 unspecified atom stereocenters. The van der Waals surface area contributed by atoms with Crippen molar-refractivity contribution < 1.29 is 0 Å². The molecule has 0 saturated carbocycles. The van der Waals surface area contributed by atoms with E-state index < -0.39 is 0 Å². The van der Waals surface area contributed by atoms with Gasteiger partial charge in [0.25, 0.3) is 0 Å². The molecule has 1 aromatic heterocycles. The Balaban J connectivity index is 2.45. The van der Waals surface area contributed by atoms with Crippen LogP contribution in [0, 0.1) is 0 Å². The highest BCUT2D eigenvalue weighted by Crippen LogP contribution is 2.20. The molecule has 1 atom stereocenters. The number of alkyl halides is 1. The first-order chi connectivity index (χ1) is 5.88. The van der Waals surface area contributed by atoms with E-state index in [1.807, 2.05) is 0 Å².